The lowest BCUT2D eigenvalue weighted by Crippen LogP contribution is -2.30. The molecular formula is C62H103O11P. The van der Waals surface area contributed by atoms with Crippen molar-refractivity contribution >= 4 is 25.7 Å². The lowest BCUT2D eigenvalue weighted by atomic mass is 10.1. The SMILES string of the molecule is CC/C=C\C/C=C\C/C=C\C/C=C\C/C=C\CC(=O)OC(COC(=O)CCCCCCCCC/C=C\C/C=C\CCCCC)COP(=O)(O)OCC(CO)OC(=O)CCCCCCC/C=C\C/C=C\CCCCC. The van der Waals surface area contributed by atoms with E-state index in [1.54, 1.807) is 6.08 Å². The molecule has 0 amide bonds. The number of phosphoric ester groups is 1. The first kappa shape index (κ1) is 70.1. The summed E-state index contributed by atoms with van der Waals surface area (Å²) in [4.78, 5) is 48.5. The molecule has 0 fully saturated rings. The standard InChI is InChI=1S/C62H103O11P/c1-4-7-10-13-16-19-22-25-28-29-32-33-36-39-42-45-48-51-60(64)69-55-59(73-62(66)53-50-47-44-41-38-35-31-27-24-21-18-15-12-9-6-3)57-71-74(67,68)70-56-58(54-63)72-61(65)52-49-46-43-40-37-34-30-26-23-20-17-14-11-8-5-2/h9,12,16-21,25-28,30-31,38,41,47,50,58-59,63H,4-8,10-11,13-15,22-24,29,32-37,39-40,42-46,48-49,51-57H2,1-3H3,(H,67,68)/b12-9-,19-16-,20-17-,21-18-,28-25-,30-26-,31-27-,41-38-,50-47-. The van der Waals surface area contributed by atoms with E-state index < -0.39 is 57.8 Å². The zero-order valence-electron chi connectivity index (χ0n) is 46.5. The van der Waals surface area contributed by atoms with Gasteiger partial charge in [-0.25, -0.2) is 4.57 Å². The summed E-state index contributed by atoms with van der Waals surface area (Å²) in [6.45, 7) is 4.33. The lowest BCUT2D eigenvalue weighted by molar-refractivity contribution is -0.160. The van der Waals surface area contributed by atoms with Gasteiger partial charge in [0.15, 0.2) is 6.10 Å². The summed E-state index contributed by atoms with van der Waals surface area (Å²) in [5.74, 6) is -1.65. The Morgan fingerprint density at radius 2 is 0.757 bits per heavy atom. The monoisotopic (exact) mass is 1050 g/mol. The van der Waals surface area contributed by atoms with E-state index in [4.69, 9.17) is 23.3 Å². The summed E-state index contributed by atoms with van der Waals surface area (Å²) in [5, 5.41) is 9.81. The molecule has 0 rings (SSSR count). The first-order chi connectivity index (χ1) is 36.2. The van der Waals surface area contributed by atoms with Crippen LogP contribution in [-0.4, -0.2) is 66.5 Å². The molecule has 0 heterocycles. The van der Waals surface area contributed by atoms with Gasteiger partial charge in [0.05, 0.1) is 26.2 Å². The second kappa shape index (κ2) is 55.4. The largest absolute Gasteiger partial charge is 0.472 e. The van der Waals surface area contributed by atoms with E-state index in [9.17, 15) is 28.9 Å². The number of esters is 3. The molecule has 0 aromatic carbocycles. The summed E-state index contributed by atoms with van der Waals surface area (Å²) >= 11 is 0. The minimum Gasteiger partial charge on any atom is -0.462 e. The maximum Gasteiger partial charge on any atom is 0.472 e. The minimum absolute atomic E-state index is 0.0719. The quantitative estimate of drug-likeness (QED) is 0.0197. The van der Waals surface area contributed by atoms with Crippen molar-refractivity contribution in [1.29, 1.82) is 0 Å². The zero-order chi connectivity index (χ0) is 54.1. The molecule has 0 aromatic rings. The highest BCUT2D eigenvalue weighted by Crippen LogP contribution is 2.43. The minimum atomic E-state index is -4.78. The summed E-state index contributed by atoms with van der Waals surface area (Å²) in [6.07, 6.45) is 66.4. The molecule has 3 atom stereocenters. The molecule has 0 saturated carbocycles. The van der Waals surface area contributed by atoms with Gasteiger partial charge in [-0.2, -0.15) is 0 Å². The third kappa shape index (κ3) is 53.0. The van der Waals surface area contributed by atoms with Crippen molar-refractivity contribution in [2.24, 2.45) is 0 Å². The molecule has 0 aliphatic rings. The van der Waals surface area contributed by atoms with Crippen molar-refractivity contribution in [3.05, 3.63) is 109 Å². The summed E-state index contributed by atoms with van der Waals surface area (Å²) in [5.41, 5.74) is 0. The van der Waals surface area contributed by atoms with Gasteiger partial charge in [-0.3, -0.25) is 23.4 Å². The van der Waals surface area contributed by atoms with Crippen molar-refractivity contribution in [2.75, 3.05) is 26.4 Å². The highest BCUT2D eigenvalue weighted by molar-refractivity contribution is 7.47. The van der Waals surface area contributed by atoms with Gasteiger partial charge in [0.2, 0.25) is 0 Å². The molecule has 12 heteroatoms. The van der Waals surface area contributed by atoms with E-state index in [1.807, 2.05) is 18.2 Å². The number of aliphatic hydroxyl groups excluding tert-OH is 1. The van der Waals surface area contributed by atoms with Crippen LogP contribution in [0.5, 0.6) is 0 Å². The molecule has 0 spiro atoms. The van der Waals surface area contributed by atoms with Crippen LogP contribution < -0.4 is 0 Å². The Bertz CT molecular complexity index is 1660. The van der Waals surface area contributed by atoms with E-state index in [1.165, 1.54) is 57.8 Å². The van der Waals surface area contributed by atoms with Gasteiger partial charge < -0.3 is 24.2 Å². The van der Waals surface area contributed by atoms with Crippen LogP contribution in [0.4, 0.5) is 0 Å². The molecule has 0 aliphatic carbocycles. The van der Waals surface area contributed by atoms with Crippen molar-refractivity contribution < 1.29 is 52.2 Å². The molecule has 0 aromatic heterocycles. The molecule has 11 nitrogen and oxygen atoms in total. The second-order valence-electron chi connectivity index (χ2n) is 18.7. The van der Waals surface area contributed by atoms with Gasteiger partial charge >= 0.3 is 25.7 Å². The number of hydrogen-bond donors (Lipinski definition) is 2. The fourth-order valence-electron chi connectivity index (χ4n) is 7.31. The fourth-order valence-corrected chi connectivity index (χ4v) is 8.10. The summed E-state index contributed by atoms with van der Waals surface area (Å²) < 4.78 is 39.4. The number of rotatable bonds is 52. The normalized spacial score (nSPS) is 14.2. The number of carbonyl (C=O) groups is 3. The molecule has 2 N–H and O–H groups in total. The van der Waals surface area contributed by atoms with E-state index in [2.05, 4.69) is 106 Å². The van der Waals surface area contributed by atoms with Crippen LogP contribution in [0.15, 0.2) is 109 Å². The van der Waals surface area contributed by atoms with Crippen LogP contribution >= 0.6 is 7.82 Å². The first-order valence-electron chi connectivity index (χ1n) is 28.8. The Labute approximate surface area is 450 Å². The third-order valence-corrected chi connectivity index (χ3v) is 12.6. The van der Waals surface area contributed by atoms with Crippen molar-refractivity contribution in [3.63, 3.8) is 0 Å². The molecule has 422 valence electrons. The average molecular weight is 1060 g/mol. The number of unbranched alkanes of at least 4 members (excludes halogenated alkanes) is 18. The van der Waals surface area contributed by atoms with Crippen molar-refractivity contribution in [3.8, 4) is 0 Å². The zero-order valence-corrected chi connectivity index (χ0v) is 47.4. The molecule has 0 aliphatic heterocycles. The van der Waals surface area contributed by atoms with Gasteiger partial charge in [0.25, 0.3) is 0 Å². The smallest absolute Gasteiger partial charge is 0.462 e. The van der Waals surface area contributed by atoms with Crippen molar-refractivity contribution in [1.82, 2.24) is 0 Å². The Hall–Kier alpha value is -3.86. The van der Waals surface area contributed by atoms with Gasteiger partial charge in [-0.05, 0) is 109 Å². The van der Waals surface area contributed by atoms with Crippen LogP contribution in [0.1, 0.15) is 226 Å². The molecule has 3 unspecified atom stereocenters. The van der Waals surface area contributed by atoms with Crippen LogP contribution in [0, 0.1) is 0 Å². The number of carbonyl (C=O) groups excluding carboxylic acids is 3. The van der Waals surface area contributed by atoms with Crippen LogP contribution in [0.2, 0.25) is 0 Å². The molecule has 0 radical (unpaired) electrons. The Kier molecular flexibility index (Phi) is 52.5. The predicted molar refractivity (Wildman–Crippen MR) is 307 cm³/mol. The highest BCUT2D eigenvalue weighted by atomic mass is 31.2. The van der Waals surface area contributed by atoms with Gasteiger partial charge in [0.1, 0.15) is 12.7 Å². The molecule has 0 saturated heterocycles. The maximum absolute atomic E-state index is 12.9. The third-order valence-electron chi connectivity index (χ3n) is 11.7. The molecule has 74 heavy (non-hydrogen) atoms. The van der Waals surface area contributed by atoms with Gasteiger partial charge in [-0.1, -0.05) is 207 Å². The Morgan fingerprint density at radius 1 is 0.405 bits per heavy atom. The number of aliphatic hydroxyl groups is 1. The Morgan fingerprint density at radius 3 is 1.19 bits per heavy atom. The summed E-state index contributed by atoms with van der Waals surface area (Å²) in [7, 11) is -4.78. The number of phosphoric acid groups is 1. The van der Waals surface area contributed by atoms with Gasteiger partial charge in [0, 0.05) is 12.8 Å². The first-order valence-corrected chi connectivity index (χ1v) is 30.3. The van der Waals surface area contributed by atoms with E-state index >= 15 is 0 Å². The van der Waals surface area contributed by atoms with E-state index in [0.29, 0.717) is 19.3 Å². The molecular weight excluding hydrogens is 952 g/mol. The highest BCUT2D eigenvalue weighted by Gasteiger charge is 2.28. The van der Waals surface area contributed by atoms with Crippen molar-refractivity contribution in [2.45, 2.75) is 238 Å². The predicted octanol–water partition coefficient (Wildman–Crippen LogP) is 17.0. The van der Waals surface area contributed by atoms with E-state index in [0.717, 1.165) is 109 Å². The summed E-state index contributed by atoms with van der Waals surface area (Å²) in [6, 6.07) is 0. The second-order valence-corrected chi connectivity index (χ2v) is 20.2. The lowest BCUT2D eigenvalue weighted by Gasteiger charge is -2.21. The molecule has 0 bridgehead atoms. The van der Waals surface area contributed by atoms with E-state index in [-0.39, 0.29) is 25.9 Å². The maximum atomic E-state index is 12.9. The van der Waals surface area contributed by atoms with Crippen LogP contribution in [0.25, 0.3) is 0 Å². The van der Waals surface area contributed by atoms with Gasteiger partial charge in [-0.15, -0.1) is 0 Å². The number of allylic oxidation sites excluding steroid dienone is 17. The topological polar surface area (TPSA) is 155 Å². The van der Waals surface area contributed by atoms with Crippen LogP contribution in [-0.2, 0) is 42.2 Å². The fraction of sp³-hybridized carbons (Fsp3) is 0.661. The van der Waals surface area contributed by atoms with Crippen LogP contribution in [0.3, 0.4) is 0 Å². The number of ether oxygens (including phenoxy) is 3. The Balaban J connectivity index is 4.85. The number of hydrogen-bond acceptors (Lipinski definition) is 10. The average Bonchev–Trinajstić information content (AvgIpc) is 3.39.